The van der Waals surface area contributed by atoms with Crippen molar-refractivity contribution in [2.75, 3.05) is 11.9 Å². The largest absolute Gasteiger partial charge is 0.482 e. The Morgan fingerprint density at radius 1 is 1.38 bits per heavy atom. The first-order valence-corrected chi connectivity index (χ1v) is 8.03. The van der Waals surface area contributed by atoms with Crippen molar-refractivity contribution in [3.05, 3.63) is 41.2 Å². The maximum atomic E-state index is 12.3. The Kier molecular flexibility index (Phi) is 3.48. The summed E-state index contributed by atoms with van der Waals surface area (Å²) in [7, 11) is 0. The molecule has 1 aliphatic carbocycles. The van der Waals surface area contributed by atoms with E-state index in [2.05, 4.69) is 20.8 Å². The van der Waals surface area contributed by atoms with Crippen LogP contribution in [0.3, 0.4) is 0 Å². The summed E-state index contributed by atoms with van der Waals surface area (Å²) in [5.41, 5.74) is 2.94. The van der Waals surface area contributed by atoms with E-state index in [0.717, 1.165) is 24.1 Å². The number of fused-ring (bicyclic) bond motifs is 1. The molecule has 24 heavy (non-hydrogen) atoms. The molecule has 1 saturated carbocycles. The third-order valence-corrected chi connectivity index (χ3v) is 4.33. The fourth-order valence-electron chi connectivity index (χ4n) is 2.78. The first-order chi connectivity index (χ1) is 11.6. The number of carbonyl (C=O) groups is 2. The standard InChI is InChI=1S/C17H18N4O3/c1-9(11-4-5-15-13(6-11)19-16(22)8-24-15)18-17(23)14-7-12(20-21-14)10-2-3-10/h4-7,9-10H,2-3,8H2,1H3,(H,18,23)(H,19,22)(H,20,21)/t9-/m0/s1. The Balaban J connectivity index is 1.46. The number of ether oxygens (including phenoxy) is 1. The fourth-order valence-corrected chi connectivity index (χ4v) is 2.78. The van der Waals surface area contributed by atoms with Crippen LogP contribution in [0.2, 0.25) is 0 Å². The smallest absolute Gasteiger partial charge is 0.272 e. The molecule has 2 aromatic rings. The minimum atomic E-state index is -0.220. The molecule has 0 saturated heterocycles. The molecule has 124 valence electrons. The van der Waals surface area contributed by atoms with Gasteiger partial charge in [0.25, 0.3) is 11.8 Å². The van der Waals surface area contributed by atoms with Gasteiger partial charge in [-0.3, -0.25) is 14.7 Å². The number of carbonyl (C=O) groups excluding carboxylic acids is 2. The monoisotopic (exact) mass is 326 g/mol. The van der Waals surface area contributed by atoms with Gasteiger partial charge in [0.1, 0.15) is 11.4 Å². The van der Waals surface area contributed by atoms with Gasteiger partial charge in [-0.05, 0) is 43.5 Å². The zero-order valence-corrected chi connectivity index (χ0v) is 13.3. The molecular formula is C17H18N4O3. The number of aromatic amines is 1. The van der Waals surface area contributed by atoms with Gasteiger partial charge in [0, 0.05) is 11.6 Å². The highest BCUT2D eigenvalue weighted by Crippen LogP contribution is 2.39. The number of H-pyrrole nitrogens is 1. The summed E-state index contributed by atoms with van der Waals surface area (Å²) in [4.78, 5) is 23.8. The molecule has 2 heterocycles. The second-order valence-corrected chi connectivity index (χ2v) is 6.27. The predicted octanol–water partition coefficient (Wildman–Crippen LogP) is 2.11. The normalized spacial score (nSPS) is 17.5. The maximum absolute atomic E-state index is 12.3. The molecule has 0 radical (unpaired) electrons. The van der Waals surface area contributed by atoms with Crippen LogP contribution in [0.5, 0.6) is 5.75 Å². The van der Waals surface area contributed by atoms with Crippen molar-refractivity contribution < 1.29 is 14.3 Å². The third-order valence-electron chi connectivity index (χ3n) is 4.33. The lowest BCUT2D eigenvalue weighted by Gasteiger charge is -2.20. The number of rotatable bonds is 4. The number of anilines is 1. The molecule has 1 aromatic heterocycles. The Morgan fingerprint density at radius 2 is 2.21 bits per heavy atom. The molecule has 1 atom stereocenters. The molecule has 7 nitrogen and oxygen atoms in total. The minimum Gasteiger partial charge on any atom is -0.482 e. The third kappa shape index (κ3) is 2.84. The van der Waals surface area contributed by atoms with Gasteiger partial charge in [-0.25, -0.2) is 0 Å². The van der Waals surface area contributed by atoms with Crippen LogP contribution in [0, 0.1) is 0 Å². The van der Waals surface area contributed by atoms with Crippen molar-refractivity contribution in [3.8, 4) is 5.75 Å². The molecule has 4 rings (SSSR count). The number of nitrogens with zero attached hydrogens (tertiary/aromatic N) is 1. The van der Waals surface area contributed by atoms with Gasteiger partial charge in [-0.15, -0.1) is 0 Å². The molecular weight excluding hydrogens is 308 g/mol. The molecule has 7 heteroatoms. The highest BCUT2D eigenvalue weighted by Gasteiger charge is 2.27. The van der Waals surface area contributed by atoms with Crippen molar-refractivity contribution in [2.45, 2.75) is 31.7 Å². The first-order valence-electron chi connectivity index (χ1n) is 8.03. The Labute approximate surface area is 138 Å². The van der Waals surface area contributed by atoms with E-state index in [1.807, 2.05) is 25.1 Å². The summed E-state index contributed by atoms with van der Waals surface area (Å²) in [6.07, 6.45) is 2.31. The Morgan fingerprint density at radius 3 is 3.00 bits per heavy atom. The van der Waals surface area contributed by atoms with Crippen LogP contribution in [-0.4, -0.2) is 28.6 Å². The van der Waals surface area contributed by atoms with Crippen LogP contribution in [-0.2, 0) is 4.79 Å². The number of nitrogens with one attached hydrogen (secondary N) is 3. The van der Waals surface area contributed by atoms with Crippen molar-refractivity contribution in [3.63, 3.8) is 0 Å². The van der Waals surface area contributed by atoms with Crippen molar-refractivity contribution in [1.29, 1.82) is 0 Å². The van der Waals surface area contributed by atoms with Gasteiger partial charge in [0.15, 0.2) is 6.61 Å². The molecule has 1 aromatic carbocycles. The van der Waals surface area contributed by atoms with Crippen molar-refractivity contribution >= 4 is 17.5 Å². The summed E-state index contributed by atoms with van der Waals surface area (Å²) < 4.78 is 5.34. The Hall–Kier alpha value is -2.83. The molecule has 1 aliphatic heterocycles. The zero-order valence-electron chi connectivity index (χ0n) is 13.3. The average molecular weight is 326 g/mol. The number of hydrogen-bond donors (Lipinski definition) is 3. The number of hydrogen-bond acceptors (Lipinski definition) is 4. The second kappa shape index (κ2) is 5.67. The highest BCUT2D eigenvalue weighted by atomic mass is 16.5. The van der Waals surface area contributed by atoms with Crippen LogP contribution in [0.15, 0.2) is 24.3 Å². The molecule has 0 bridgehead atoms. The quantitative estimate of drug-likeness (QED) is 0.802. The number of benzene rings is 1. The van der Waals surface area contributed by atoms with Crippen LogP contribution >= 0.6 is 0 Å². The van der Waals surface area contributed by atoms with Crippen LogP contribution in [0.1, 0.15) is 53.5 Å². The van der Waals surface area contributed by atoms with Crippen LogP contribution in [0.4, 0.5) is 5.69 Å². The lowest BCUT2D eigenvalue weighted by atomic mass is 10.1. The molecule has 2 amide bonds. The summed E-state index contributed by atoms with van der Waals surface area (Å²) in [5.74, 6) is 0.767. The lowest BCUT2D eigenvalue weighted by molar-refractivity contribution is -0.118. The molecule has 3 N–H and O–H groups in total. The van der Waals surface area contributed by atoms with Gasteiger partial charge >= 0.3 is 0 Å². The second-order valence-electron chi connectivity index (χ2n) is 6.27. The summed E-state index contributed by atoms with van der Waals surface area (Å²) in [5, 5.41) is 12.7. The maximum Gasteiger partial charge on any atom is 0.272 e. The van der Waals surface area contributed by atoms with Crippen molar-refractivity contribution in [2.24, 2.45) is 0 Å². The van der Waals surface area contributed by atoms with E-state index in [1.165, 1.54) is 0 Å². The highest BCUT2D eigenvalue weighted by molar-refractivity contribution is 5.95. The lowest BCUT2D eigenvalue weighted by Crippen LogP contribution is -2.28. The van der Waals surface area contributed by atoms with Gasteiger partial charge in [0.05, 0.1) is 11.7 Å². The molecule has 0 spiro atoms. The summed E-state index contributed by atoms with van der Waals surface area (Å²) in [6.45, 7) is 1.92. The SMILES string of the molecule is C[C@H](NC(=O)c1cc(C2CC2)[nH]n1)c1ccc2c(c1)NC(=O)CO2. The van der Waals surface area contributed by atoms with E-state index in [1.54, 1.807) is 6.07 Å². The van der Waals surface area contributed by atoms with Gasteiger partial charge in [-0.1, -0.05) is 6.07 Å². The van der Waals surface area contributed by atoms with Gasteiger partial charge in [0.2, 0.25) is 0 Å². The predicted molar refractivity (Wildman–Crippen MR) is 87.0 cm³/mol. The van der Waals surface area contributed by atoms with E-state index in [-0.39, 0.29) is 24.5 Å². The average Bonchev–Trinajstić information content (AvgIpc) is 3.30. The molecule has 2 aliphatic rings. The minimum absolute atomic E-state index is 0.0289. The number of amides is 2. The van der Waals surface area contributed by atoms with Gasteiger partial charge < -0.3 is 15.4 Å². The van der Waals surface area contributed by atoms with Crippen LogP contribution < -0.4 is 15.4 Å². The number of aromatic nitrogens is 2. The van der Waals surface area contributed by atoms with Crippen molar-refractivity contribution in [1.82, 2.24) is 15.5 Å². The Bertz CT molecular complexity index is 810. The summed E-state index contributed by atoms with van der Waals surface area (Å²) in [6, 6.07) is 7.09. The first kappa shape index (κ1) is 14.7. The fraction of sp³-hybridized carbons (Fsp3) is 0.353. The van der Waals surface area contributed by atoms with E-state index in [4.69, 9.17) is 4.74 Å². The zero-order chi connectivity index (χ0) is 16.7. The van der Waals surface area contributed by atoms with E-state index >= 15 is 0 Å². The van der Waals surface area contributed by atoms with E-state index in [0.29, 0.717) is 23.0 Å². The van der Waals surface area contributed by atoms with E-state index < -0.39 is 0 Å². The summed E-state index contributed by atoms with van der Waals surface area (Å²) >= 11 is 0. The topological polar surface area (TPSA) is 96.1 Å². The van der Waals surface area contributed by atoms with E-state index in [9.17, 15) is 9.59 Å². The molecule has 1 fully saturated rings. The molecule has 0 unspecified atom stereocenters. The van der Waals surface area contributed by atoms with Crippen LogP contribution in [0.25, 0.3) is 0 Å². The van der Waals surface area contributed by atoms with Gasteiger partial charge in [-0.2, -0.15) is 5.10 Å².